The number of rotatable bonds is 2. The van der Waals surface area contributed by atoms with Crippen molar-refractivity contribution < 1.29 is 9.31 Å². The van der Waals surface area contributed by atoms with Crippen LogP contribution >= 0.6 is 0 Å². The fourth-order valence-corrected chi connectivity index (χ4v) is 4.14. The Labute approximate surface area is 172 Å². The summed E-state index contributed by atoms with van der Waals surface area (Å²) in [6.07, 6.45) is 0. The van der Waals surface area contributed by atoms with E-state index in [2.05, 4.69) is 107 Å². The van der Waals surface area contributed by atoms with E-state index in [4.69, 9.17) is 9.31 Å². The lowest BCUT2D eigenvalue weighted by molar-refractivity contribution is 0.00578. The van der Waals surface area contributed by atoms with Crippen molar-refractivity contribution in [2.75, 3.05) is 0 Å². The molecular formula is C26H25BO2. The molecule has 0 aromatic heterocycles. The lowest BCUT2D eigenvalue weighted by Crippen LogP contribution is -2.41. The molecule has 0 spiro atoms. The topological polar surface area (TPSA) is 18.5 Å². The van der Waals surface area contributed by atoms with Gasteiger partial charge >= 0.3 is 7.12 Å². The molecule has 0 unspecified atom stereocenters. The van der Waals surface area contributed by atoms with Crippen molar-refractivity contribution in [1.82, 2.24) is 0 Å². The van der Waals surface area contributed by atoms with Gasteiger partial charge in [0.25, 0.3) is 0 Å². The minimum Gasteiger partial charge on any atom is -0.399 e. The van der Waals surface area contributed by atoms with Gasteiger partial charge in [-0.15, -0.1) is 0 Å². The normalized spacial score (nSPS) is 17.9. The van der Waals surface area contributed by atoms with Gasteiger partial charge in [0.05, 0.1) is 11.2 Å². The average molecular weight is 380 g/mol. The molecule has 144 valence electrons. The molecule has 0 atom stereocenters. The van der Waals surface area contributed by atoms with Crippen molar-refractivity contribution in [3.8, 4) is 11.1 Å². The molecule has 1 saturated heterocycles. The molecule has 5 rings (SSSR count). The predicted molar refractivity (Wildman–Crippen MR) is 123 cm³/mol. The molecule has 0 aliphatic carbocycles. The molecule has 1 aliphatic heterocycles. The van der Waals surface area contributed by atoms with Crippen LogP contribution in [0.15, 0.2) is 78.9 Å². The van der Waals surface area contributed by atoms with Gasteiger partial charge in [-0.2, -0.15) is 0 Å². The molecule has 0 N–H and O–H groups in total. The van der Waals surface area contributed by atoms with E-state index >= 15 is 0 Å². The first-order chi connectivity index (χ1) is 13.9. The molecular weight excluding hydrogens is 355 g/mol. The summed E-state index contributed by atoms with van der Waals surface area (Å²) in [6.45, 7) is 8.40. The smallest absolute Gasteiger partial charge is 0.399 e. The van der Waals surface area contributed by atoms with Crippen molar-refractivity contribution in [2.45, 2.75) is 38.9 Å². The fourth-order valence-electron chi connectivity index (χ4n) is 4.14. The fraction of sp³-hybridized carbons (Fsp3) is 0.231. The number of fused-ring (bicyclic) bond motifs is 2. The SMILES string of the molecule is CC1(C)OB(c2cc(-c3cccc4ccccc34)cc3ccccc23)OC1(C)C. The van der Waals surface area contributed by atoms with Gasteiger partial charge in [0, 0.05) is 0 Å². The van der Waals surface area contributed by atoms with Gasteiger partial charge in [0.15, 0.2) is 0 Å². The maximum Gasteiger partial charge on any atom is 0.495 e. The second-order valence-electron chi connectivity index (χ2n) is 8.90. The first kappa shape index (κ1) is 18.4. The summed E-state index contributed by atoms with van der Waals surface area (Å²) >= 11 is 0. The molecule has 2 nitrogen and oxygen atoms in total. The number of hydrogen-bond donors (Lipinski definition) is 0. The van der Waals surface area contributed by atoms with E-state index in [0.29, 0.717) is 0 Å². The molecule has 3 heteroatoms. The summed E-state index contributed by atoms with van der Waals surface area (Å²) in [5, 5.41) is 4.87. The Bertz CT molecular complexity index is 1200. The lowest BCUT2D eigenvalue weighted by Gasteiger charge is -2.32. The van der Waals surface area contributed by atoms with Gasteiger partial charge in [0.2, 0.25) is 0 Å². The third-order valence-electron chi connectivity index (χ3n) is 6.50. The van der Waals surface area contributed by atoms with Crippen LogP contribution in [0.4, 0.5) is 0 Å². The highest BCUT2D eigenvalue weighted by Gasteiger charge is 2.52. The van der Waals surface area contributed by atoms with E-state index in [1.54, 1.807) is 0 Å². The van der Waals surface area contributed by atoms with Crippen molar-refractivity contribution in [3.63, 3.8) is 0 Å². The summed E-state index contributed by atoms with van der Waals surface area (Å²) in [4.78, 5) is 0. The van der Waals surface area contributed by atoms with Gasteiger partial charge in [-0.25, -0.2) is 0 Å². The summed E-state index contributed by atoms with van der Waals surface area (Å²) in [5.74, 6) is 0. The molecule has 0 bridgehead atoms. The molecule has 4 aromatic carbocycles. The zero-order valence-corrected chi connectivity index (χ0v) is 17.4. The summed E-state index contributed by atoms with van der Waals surface area (Å²) in [7, 11) is -0.389. The highest BCUT2D eigenvalue weighted by molar-refractivity contribution is 6.65. The highest BCUT2D eigenvalue weighted by Crippen LogP contribution is 2.38. The molecule has 0 amide bonds. The molecule has 0 radical (unpaired) electrons. The summed E-state index contributed by atoms with van der Waals surface area (Å²) in [6, 6.07) is 28.0. The van der Waals surface area contributed by atoms with E-state index in [9.17, 15) is 0 Å². The Kier molecular flexibility index (Phi) is 4.09. The van der Waals surface area contributed by atoms with Crippen LogP contribution in [0.25, 0.3) is 32.7 Å². The van der Waals surface area contributed by atoms with Gasteiger partial charge in [-0.1, -0.05) is 72.8 Å². The van der Waals surface area contributed by atoms with E-state index < -0.39 is 0 Å². The zero-order valence-electron chi connectivity index (χ0n) is 17.4. The Morgan fingerprint density at radius 2 is 1.21 bits per heavy atom. The highest BCUT2D eigenvalue weighted by atomic mass is 16.7. The van der Waals surface area contributed by atoms with Crippen molar-refractivity contribution >= 4 is 34.1 Å². The van der Waals surface area contributed by atoms with E-state index in [-0.39, 0.29) is 18.3 Å². The zero-order chi connectivity index (χ0) is 20.2. The second-order valence-corrected chi connectivity index (χ2v) is 8.90. The maximum absolute atomic E-state index is 6.41. The molecule has 0 saturated carbocycles. The Hall–Kier alpha value is -2.62. The van der Waals surface area contributed by atoms with E-state index in [1.807, 2.05) is 0 Å². The minimum atomic E-state index is -0.389. The average Bonchev–Trinajstić information content (AvgIpc) is 2.93. The summed E-state index contributed by atoms with van der Waals surface area (Å²) < 4.78 is 12.8. The monoisotopic (exact) mass is 380 g/mol. The number of hydrogen-bond acceptors (Lipinski definition) is 2. The standard InChI is InChI=1S/C26H25BO2/c1-25(2)26(3,4)29-27(28-25)24-17-20(16-19-11-6-8-14-23(19)24)22-15-9-12-18-10-5-7-13-21(18)22/h5-17H,1-4H3. The van der Waals surface area contributed by atoms with Crippen LogP contribution in [0.1, 0.15) is 27.7 Å². The van der Waals surface area contributed by atoms with Crippen molar-refractivity contribution in [3.05, 3.63) is 78.9 Å². The van der Waals surface area contributed by atoms with Crippen LogP contribution < -0.4 is 5.46 Å². The predicted octanol–water partition coefficient (Wildman–Crippen LogP) is 5.96. The van der Waals surface area contributed by atoms with Crippen LogP contribution in [0.5, 0.6) is 0 Å². The lowest BCUT2D eigenvalue weighted by atomic mass is 9.74. The van der Waals surface area contributed by atoms with E-state index in [1.165, 1.54) is 32.7 Å². The van der Waals surface area contributed by atoms with Gasteiger partial charge in [-0.3, -0.25) is 0 Å². The molecule has 4 aromatic rings. The second kappa shape index (κ2) is 6.45. The first-order valence-corrected chi connectivity index (χ1v) is 10.2. The molecule has 1 aliphatic rings. The first-order valence-electron chi connectivity index (χ1n) is 10.2. The minimum absolute atomic E-state index is 0.367. The third-order valence-corrected chi connectivity index (χ3v) is 6.50. The quantitative estimate of drug-likeness (QED) is 0.400. The van der Waals surface area contributed by atoms with E-state index in [0.717, 1.165) is 5.46 Å². The van der Waals surface area contributed by atoms with Crippen LogP contribution in [-0.4, -0.2) is 18.3 Å². The summed E-state index contributed by atoms with van der Waals surface area (Å²) in [5.41, 5.74) is 2.77. The van der Waals surface area contributed by atoms with Crippen LogP contribution in [0.2, 0.25) is 0 Å². The Morgan fingerprint density at radius 3 is 1.93 bits per heavy atom. The molecule has 1 fully saturated rings. The van der Waals surface area contributed by atoms with Crippen LogP contribution in [-0.2, 0) is 9.31 Å². The molecule has 1 heterocycles. The Balaban J connectivity index is 1.74. The maximum atomic E-state index is 6.41. The third kappa shape index (κ3) is 2.97. The largest absolute Gasteiger partial charge is 0.495 e. The van der Waals surface area contributed by atoms with Gasteiger partial charge in [0.1, 0.15) is 0 Å². The van der Waals surface area contributed by atoms with Crippen LogP contribution in [0.3, 0.4) is 0 Å². The number of benzene rings is 4. The Morgan fingerprint density at radius 1 is 0.621 bits per heavy atom. The van der Waals surface area contributed by atoms with Crippen LogP contribution in [0, 0.1) is 0 Å². The van der Waals surface area contributed by atoms with Crippen molar-refractivity contribution in [1.29, 1.82) is 0 Å². The van der Waals surface area contributed by atoms with Gasteiger partial charge < -0.3 is 9.31 Å². The van der Waals surface area contributed by atoms with Gasteiger partial charge in [-0.05, 0) is 71.9 Å². The molecule has 29 heavy (non-hydrogen) atoms. The van der Waals surface area contributed by atoms with Crippen molar-refractivity contribution in [2.24, 2.45) is 0 Å².